The number of carbonyl (C=O) groups excluding carboxylic acids is 2. The van der Waals surface area contributed by atoms with Crippen LogP contribution in [-0.2, 0) is 19.6 Å². The van der Waals surface area contributed by atoms with E-state index >= 15 is 0 Å². The molecule has 2 aliphatic rings. The predicted molar refractivity (Wildman–Crippen MR) is 148 cm³/mol. The minimum absolute atomic E-state index is 0.0214. The van der Waals surface area contributed by atoms with Gasteiger partial charge in [0.25, 0.3) is 11.8 Å². The number of carbonyl (C=O) groups is 2. The minimum Gasteiger partial charge on any atom is -0.352 e. The number of halogens is 5. The average molecular weight is 636 g/mol. The van der Waals surface area contributed by atoms with E-state index < -0.39 is 87.7 Å². The maximum atomic E-state index is 14.4. The molecule has 2 atom stereocenters. The van der Waals surface area contributed by atoms with E-state index in [9.17, 15) is 40.8 Å². The van der Waals surface area contributed by atoms with Gasteiger partial charge in [-0.3, -0.25) is 9.59 Å². The van der Waals surface area contributed by atoms with Gasteiger partial charge >= 0.3 is 0 Å². The van der Waals surface area contributed by atoms with E-state index in [1.807, 2.05) is 6.07 Å². The van der Waals surface area contributed by atoms with Crippen LogP contribution in [-0.4, -0.2) is 48.5 Å². The molecule has 0 bridgehead atoms. The Morgan fingerprint density at radius 1 is 1.09 bits per heavy atom. The van der Waals surface area contributed by atoms with Gasteiger partial charge in [-0.2, -0.15) is 5.26 Å². The molecule has 1 unspecified atom stereocenters. The number of nitrogens with one attached hydrogen (secondary N) is 2. The van der Waals surface area contributed by atoms with Crippen LogP contribution in [0.25, 0.3) is 0 Å². The number of pyridine rings is 1. The van der Waals surface area contributed by atoms with E-state index in [2.05, 4.69) is 15.6 Å². The number of anilines is 2. The molecule has 2 heterocycles. The van der Waals surface area contributed by atoms with Gasteiger partial charge in [0.1, 0.15) is 17.5 Å². The molecule has 1 saturated heterocycles. The maximum Gasteiger partial charge on any atom is 0.252 e. The smallest absolute Gasteiger partial charge is 0.252 e. The van der Waals surface area contributed by atoms with Crippen molar-refractivity contribution < 1.29 is 35.6 Å². The molecule has 0 radical (unpaired) electrons. The Bertz CT molecular complexity index is 1740. The largest absolute Gasteiger partial charge is 0.352 e. The van der Waals surface area contributed by atoms with Gasteiger partial charge in [-0.1, -0.05) is 29.8 Å². The lowest BCUT2D eigenvalue weighted by Crippen LogP contribution is -2.63. The summed E-state index contributed by atoms with van der Waals surface area (Å²) in [6.45, 7) is 0. The standard InChI is InChI=1S/C28H22ClF4N5O4S/c29-22-4-2-1-3-21(22)24(25(39)36-20-13-27(32,33)14-20)28(26(40)37-19-11-17(30)10-18(31)12-19)6-8-43(41,42)38(28)23-9-16(15-34)5-7-35-23/h1-5,7,9-12,20,24H,6,8,13-14H2,(H,36,39)(H,37,40)/t24-,28?/m1/s1. The quantitative estimate of drug-likeness (QED) is 0.368. The molecule has 1 aromatic heterocycles. The van der Waals surface area contributed by atoms with Crippen molar-refractivity contribution in [2.45, 2.75) is 42.7 Å². The number of alkyl halides is 2. The molecule has 1 aliphatic heterocycles. The number of aromatic nitrogens is 1. The molecule has 5 rings (SSSR count). The van der Waals surface area contributed by atoms with Crippen molar-refractivity contribution in [2.75, 3.05) is 15.4 Å². The van der Waals surface area contributed by atoms with Gasteiger partial charge in [-0.05, 0) is 42.3 Å². The van der Waals surface area contributed by atoms with Crippen LogP contribution >= 0.6 is 11.6 Å². The number of hydrogen-bond acceptors (Lipinski definition) is 6. The van der Waals surface area contributed by atoms with Crippen LogP contribution in [0.15, 0.2) is 60.8 Å². The van der Waals surface area contributed by atoms with Crippen LogP contribution in [0.5, 0.6) is 0 Å². The molecule has 2 fully saturated rings. The third kappa shape index (κ3) is 5.74. The summed E-state index contributed by atoms with van der Waals surface area (Å²) in [6, 6.07) is 11.2. The Morgan fingerprint density at radius 3 is 2.40 bits per heavy atom. The molecule has 15 heteroatoms. The first-order valence-electron chi connectivity index (χ1n) is 12.9. The lowest BCUT2D eigenvalue weighted by atomic mass is 9.74. The summed E-state index contributed by atoms with van der Waals surface area (Å²) < 4.78 is 83.5. The Hall–Kier alpha value is -4.22. The summed E-state index contributed by atoms with van der Waals surface area (Å²) in [5.74, 6) is -10.1. The van der Waals surface area contributed by atoms with Gasteiger partial charge in [0, 0.05) is 41.9 Å². The summed E-state index contributed by atoms with van der Waals surface area (Å²) in [6.07, 6.45) is -0.776. The molecule has 2 N–H and O–H groups in total. The first-order valence-corrected chi connectivity index (χ1v) is 14.8. The Balaban J connectivity index is 1.74. The highest BCUT2D eigenvalue weighted by atomic mass is 35.5. The molecule has 43 heavy (non-hydrogen) atoms. The number of benzene rings is 2. The van der Waals surface area contributed by atoms with Crippen LogP contribution in [0.3, 0.4) is 0 Å². The van der Waals surface area contributed by atoms with Gasteiger partial charge in [0.2, 0.25) is 15.9 Å². The Kier molecular flexibility index (Phi) is 7.82. The summed E-state index contributed by atoms with van der Waals surface area (Å²) in [5.41, 5.74) is -2.87. The van der Waals surface area contributed by atoms with E-state index in [0.717, 1.165) is 24.4 Å². The zero-order valence-corrected chi connectivity index (χ0v) is 23.6. The molecule has 3 aromatic rings. The zero-order chi connectivity index (χ0) is 31.2. The van der Waals surface area contributed by atoms with Crippen LogP contribution in [0.1, 0.15) is 36.3 Å². The number of amides is 2. The van der Waals surface area contributed by atoms with Gasteiger partial charge in [-0.15, -0.1) is 0 Å². The first-order chi connectivity index (χ1) is 20.3. The Morgan fingerprint density at radius 2 is 1.77 bits per heavy atom. The number of sulfonamides is 1. The third-order valence-electron chi connectivity index (χ3n) is 7.37. The fourth-order valence-corrected chi connectivity index (χ4v) is 7.67. The van der Waals surface area contributed by atoms with Crippen molar-refractivity contribution in [2.24, 2.45) is 0 Å². The van der Waals surface area contributed by atoms with Crippen molar-refractivity contribution in [1.29, 1.82) is 5.26 Å². The SMILES string of the molecule is N#Cc1ccnc(N2C(C(=O)Nc3cc(F)cc(F)c3)([C@@H](C(=O)NC3CC(F)(F)C3)c3ccccc3Cl)CCS2(=O)=O)c1. The second-order valence-corrected chi connectivity index (χ2v) is 12.7. The van der Waals surface area contributed by atoms with Crippen LogP contribution in [0.4, 0.5) is 29.1 Å². The second-order valence-electron chi connectivity index (χ2n) is 10.3. The van der Waals surface area contributed by atoms with E-state index in [1.165, 1.54) is 30.3 Å². The van der Waals surface area contributed by atoms with Gasteiger partial charge in [0.15, 0.2) is 5.54 Å². The minimum atomic E-state index is -4.46. The summed E-state index contributed by atoms with van der Waals surface area (Å²) >= 11 is 6.49. The topological polar surface area (TPSA) is 132 Å². The third-order valence-corrected chi connectivity index (χ3v) is 9.50. The van der Waals surface area contributed by atoms with Crippen molar-refractivity contribution in [3.63, 3.8) is 0 Å². The van der Waals surface area contributed by atoms with Crippen LogP contribution in [0.2, 0.25) is 5.02 Å². The zero-order valence-electron chi connectivity index (χ0n) is 22.0. The summed E-state index contributed by atoms with van der Waals surface area (Å²) in [5, 5.41) is 14.2. The normalized spacial score (nSPS) is 21.3. The number of rotatable bonds is 7. The molecule has 9 nitrogen and oxygen atoms in total. The van der Waals surface area contributed by atoms with Crippen LogP contribution < -0.4 is 14.9 Å². The van der Waals surface area contributed by atoms with Gasteiger partial charge in [-0.25, -0.2) is 35.3 Å². The molecule has 0 spiro atoms. The van der Waals surface area contributed by atoms with E-state index in [0.29, 0.717) is 10.4 Å². The van der Waals surface area contributed by atoms with Crippen molar-refractivity contribution >= 4 is 44.9 Å². The highest BCUT2D eigenvalue weighted by Gasteiger charge is 2.63. The van der Waals surface area contributed by atoms with Crippen molar-refractivity contribution in [3.05, 3.63) is 88.6 Å². The number of hydrogen-bond donors (Lipinski definition) is 2. The fourth-order valence-electron chi connectivity index (χ4n) is 5.51. The lowest BCUT2D eigenvalue weighted by molar-refractivity contribution is -0.135. The monoisotopic (exact) mass is 635 g/mol. The number of nitriles is 1. The molecule has 2 amide bonds. The second kappa shape index (κ2) is 11.1. The molecule has 224 valence electrons. The van der Waals surface area contributed by atoms with Crippen molar-refractivity contribution in [1.82, 2.24) is 10.3 Å². The highest BCUT2D eigenvalue weighted by molar-refractivity contribution is 7.93. The summed E-state index contributed by atoms with van der Waals surface area (Å²) in [7, 11) is -4.46. The fraction of sp³-hybridized carbons (Fsp3) is 0.286. The van der Waals surface area contributed by atoms with E-state index in [4.69, 9.17) is 11.6 Å². The highest BCUT2D eigenvalue weighted by Crippen LogP contribution is 2.48. The maximum absolute atomic E-state index is 14.4. The molecule has 2 aromatic carbocycles. The molecule has 1 aliphatic carbocycles. The lowest BCUT2D eigenvalue weighted by Gasteiger charge is -2.43. The molecule has 1 saturated carbocycles. The van der Waals surface area contributed by atoms with E-state index in [-0.39, 0.29) is 21.8 Å². The van der Waals surface area contributed by atoms with Crippen LogP contribution in [0, 0.1) is 23.0 Å². The van der Waals surface area contributed by atoms with Crippen molar-refractivity contribution in [3.8, 4) is 6.07 Å². The first kappa shape index (κ1) is 30.2. The Labute approximate surface area is 248 Å². The molecular weight excluding hydrogens is 614 g/mol. The average Bonchev–Trinajstić information content (AvgIpc) is 3.19. The van der Waals surface area contributed by atoms with Gasteiger partial charge < -0.3 is 10.6 Å². The summed E-state index contributed by atoms with van der Waals surface area (Å²) in [4.78, 5) is 32.5. The van der Waals surface area contributed by atoms with Gasteiger partial charge in [0.05, 0.1) is 23.3 Å². The van der Waals surface area contributed by atoms with E-state index in [1.54, 1.807) is 0 Å². The molecular formula is C28H22ClF4N5O4S. The number of nitrogens with zero attached hydrogens (tertiary/aromatic N) is 3. The predicted octanol–water partition coefficient (Wildman–Crippen LogP) is 4.50.